The lowest BCUT2D eigenvalue weighted by atomic mass is 10.4. The van der Waals surface area contributed by atoms with Gasteiger partial charge in [-0.25, -0.2) is 28.5 Å². The number of carbonyl (C=O) groups excluding carboxylic acids is 1. The Morgan fingerprint density at radius 1 is 1.38 bits per heavy atom. The molecule has 1 aliphatic rings. The number of hydrogen-bond acceptors (Lipinski definition) is 6. The molecule has 1 aromatic heterocycles. The van der Waals surface area contributed by atoms with Crippen LogP contribution in [-0.2, 0) is 14.8 Å². The van der Waals surface area contributed by atoms with Crippen LogP contribution < -0.4 is 10.0 Å². The van der Waals surface area contributed by atoms with Crippen molar-refractivity contribution in [1.82, 2.24) is 15.0 Å². The molecule has 8 nitrogen and oxygen atoms in total. The monoisotopic (exact) mass is 243 g/mol. The fourth-order valence-electron chi connectivity index (χ4n) is 1.46. The second-order valence-corrected chi connectivity index (χ2v) is 5.20. The number of primary sulfonamides is 1. The topological polar surface area (TPSA) is 119 Å². The summed E-state index contributed by atoms with van der Waals surface area (Å²) in [6.07, 6.45) is 2.34. The lowest BCUT2D eigenvalue weighted by Gasteiger charge is -2.12. The first kappa shape index (κ1) is 10.9. The van der Waals surface area contributed by atoms with E-state index in [-0.39, 0.29) is 24.8 Å². The van der Waals surface area contributed by atoms with Crippen molar-refractivity contribution in [3.63, 3.8) is 0 Å². The molecular formula is C7H9N5O3S. The van der Waals surface area contributed by atoms with E-state index in [1.54, 1.807) is 0 Å². The molecule has 1 aliphatic heterocycles. The van der Waals surface area contributed by atoms with Gasteiger partial charge in [0.1, 0.15) is 17.9 Å². The molecule has 0 bridgehead atoms. The molecule has 0 saturated carbocycles. The summed E-state index contributed by atoms with van der Waals surface area (Å²) in [6.45, 7) is -0.0122. The molecule has 0 spiro atoms. The molecular weight excluding hydrogens is 234 g/mol. The average Bonchev–Trinajstić information content (AvgIpc) is 2.61. The molecule has 1 atom stereocenters. The van der Waals surface area contributed by atoms with Gasteiger partial charge in [0.25, 0.3) is 0 Å². The van der Waals surface area contributed by atoms with Crippen molar-refractivity contribution in [2.45, 2.75) is 11.7 Å². The highest BCUT2D eigenvalue weighted by molar-refractivity contribution is 7.89. The van der Waals surface area contributed by atoms with Gasteiger partial charge in [-0.1, -0.05) is 0 Å². The highest BCUT2D eigenvalue weighted by Gasteiger charge is 2.38. The molecule has 16 heavy (non-hydrogen) atoms. The van der Waals surface area contributed by atoms with Gasteiger partial charge in [0.15, 0.2) is 0 Å². The fraction of sp³-hybridized carbons (Fsp3) is 0.429. The molecule has 2 rings (SSSR count). The summed E-state index contributed by atoms with van der Waals surface area (Å²) in [5.74, 6) is -0.212. The van der Waals surface area contributed by atoms with Crippen LogP contribution in [-0.4, -0.2) is 41.1 Å². The van der Waals surface area contributed by atoms with E-state index in [0.29, 0.717) is 0 Å². The van der Waals surface area contributed by atoms with Crippen molar-refractivity contribution in [1.29, 1.82) is 0 Å². The Hall–Kier alpha value is -1.61. The summed E-state index contributed by atoms with van der Waals surface area (Å²) < 4.78 is 22.2. The standard InChI is InChI=1S/C7H9N5O3S/c8-16(14,15)5-1-6(13)12(2-5)7-10-3-9-4-11-7/h3-5H,1-2H2,(H2,8,14,15). The number of aromatic nitrogens is 3. The Bertz CT molecular complexity index is 502. The first-order valence-corrected chi connectivity index (χ1v) is 6.03. The van der Waals surface area contributed by atoms with Crippen molar-refractivity contribution in [2.24, 2.45) is 5.14 Å². The summed E-state index contributed by atoms with van der Waals surface area (Å²) in [5, 5.41) is 4.09. The predicted molar refractivity (Wildman–Crippen MR) is 53.7 cm³/mol. The quantitative estimate of drug-likeness (QED) is 0.658. The highest BCUT2D eigenvalue weighted by Crippen LogP contribution is 2.19. The van der Waals surface area contributed by atoms with Gasteiger partial charge < -0.3 is 0 Å². The number of amides is 1. The van der Waals surface area contributed by atoms with Crippen molar-refractivity contribution in [3.8, 4) is 0 Å². The maximum absolute atomic E-state index is 11.5. The Morgan fingerprint density at radius 3 is 2.50 bits per heavy atom. The maximum atomic E-state index is 11.5. The van der Waals surface area contributed by atoms with Crippen molar-refractivity contribution in [2.75, 3.05) is 11.4 Å². The van der Waals surface area contributed by atoms with Crippen molar-refractivity contribution in [3.05, 3.63) is 12.7 Å². The highest BCUT2D eigenvalue weighted by atomic mass is 32.2. The largest absolute Gasteiger partial charge is 0.279 e. The van der Waals surface area contributed by atoms with Gasteiger partial charge in [-0.15, -0.1) is 0 Å². The second-order valence-electron chi connectivity index (χ2n) is 3.36. The zero-order valence-electron chi connectivity index (χ0n) is 8.15. The summed E-state index contributed by atoms with van der Waals surface area (Å²) in [4.78, 5) is 23.9. The number of rotatable bonds is 2. The number of sulfonamides is 1. The first-order valence-electron chi connectivity index (χ1n) is 4.42. The molecule has 0 aliphatic carbocycles. The summed E-state index contributed by atoms with van der Waals surface area (Å²) in [6, 6.07) is 0. The third-order valence-corrected chi connectivity index (χ3v) is 3.52. The van der Waals surface area contributed by atoms with Crippen LogP contribution >= 0.6 is 0 Å². The van der Waals surface area contributed by atoms with Gasteiger partial charge in [-0.3, -0.25) is 9.69 Å². The minimum absolute atomic E-state index is 0.0122. The van der Waals surface area contributed by atoms with Crippen LogP contribution in [0.2, 0.25) is 0 Å². The summed E-state index contributed by atoms with van der Waals surface area (Å²) in [5.41, 5.74) is 0. The first-order chi connectivity index (χ1) is 7.48. The van der Waals surface area contributed by atoms with Crippen LogP contribution in [0.25, 0.3) is 0 Å². The summed E-state index contributed by atoms with van der Waals surface area (Å²) in [7, 11) is -3.71. The number of anilines is 1. The van der Waals surface area contributed by atoms with Gasteiger partial charge in [-0.2, -0.15) is 0 Å². The van der Waals surface area contributed by atoms with Gasteiger partial charge in [0, 0.05) is 13.0 Å². The molecule has 9 heteroatoms. The van der Waals surface area contributed by atoms with Crippen molar-refractivity contribution < 1.29 is 13.2 Å². The summed E-state index contributed by atoms with van der Waals surface area (Å²) >= 11 is 0. The van der Waals surface area contributed by atoms with Crippen LogP contribution in [0.1, 0.15) is 6.42 Å². The van der Waals surface area contributed by atoms with Crippen LogP contribution in [0.3, 0.4) is 0 Å². The molecule has 86 valence electrons. The minimum atomic E-state index is -3.71. The molecule has 2 heterocycles. The molecule has 0 radical (unpaired) electrons. The zero-order chi connectivity index (χ0) is 11.8. The van der Waals surface area contributed by atoms with Crippen LogP contribution in [0.15, 0.2) is 12.7 Å². The van der Waals surface area contributed by atoms with E-state index in [1.807, 2.05) is 0 Å². The molecule has 0 aromatic carbocycles. The van der Waals surface area contributed by atoms with E-state index in [2.05, 4.69) is 15.0 Å². The van der Waals surface area contributed by atoms with E-state index in [9.17, 15) is 13.2 Å². The average molecular weight is 243 g/mol. The number of hydrogen-bond donors (Lipinski definition) is 1. The third-order valence-electron chi connectivity index (χ3n) is 2.28. The zero-order valence-corrected chi connectivity index (χ0v) is 8.96. The molecule has 1 fully saturated rings. The van der Waals surface area contributed by atoms with E-state index in [1.165, 1.54) is 17.6 Å². The SMILES string of the molecule is NS(=O)(=O)C1CC(=O)N(c2ncncn2)C1. The lowest BCUT2D eigenvalue weighted by Crippen LogP contribution is -2.32. The molecule has 1 unspecified atom stereocenters. The minimum Gasteiger partial charge on any atom is -0.279 e. The number of carbonyl (C=O) groups is 1. The Labute approximate surface area is 91.6 Å². The Kier molecular flexibility index (Phi) is 2.56. The van der Waals surface area contributed by atoms with E-state index in [0.717, 1.165) is 0 Å². The molecule has 1 aromatic rings. The molecule has 1 amide bonds. The third kappa shape index (κ3) is 1.99. The number of nitrogens with two attached hydrogens (primary N) is 1. The lowest BCUT2D eigenvalue weighted by molar-refractivity contribution is -0.117. The Balaban J connectivity index is 2.25. The van der Waals surface area contributed by atoms with Crippen molar-refractivity contribution >= 4 is 21.9 Å². The van der Waals surface area contributed by atoms with Crippen LogP contribution in [0, 0.1) is 0 Å². The molecule has 1 saturated heterocycles. The maximum Gasteiger partial charge on any atom is 0.235 e. The Morgan fingerprint density at radius 2 is 2.00 bits per heavy atom. The van der Waals surface area contributed by atoms with Gasteiger partial charge in [-0.05, 0) is 0 Å². The van der Waals surface area contributed by atoms with E-state index in [4.69, 9.17) is 5.14 Å². The van der Waals surface area contributed by atoms with E-state index >= 15 is 0 Å². The van der Waals surface area contributed by atoms with Crippen LogP contribution in [0.4, 0.5) is 5.95 Å². The smallest absolute Gasteiger partial charge is 0.235 e. The number of nitrogens with zero attached hydrogens (tertiary/aromatic N) is 4. The normalized spacial score (nSPS) is 21.4. The predicted octanol–water partition coefficient (Wildman–Crippen LogP) is -1.73. The van der Waals surface area contributed by atoms with Gasteiger partial charge >= 0.3 is 0 Å². The van der Waals surface area contributed by atoms with E-state index < -0.39 is 15.3 Å². The van der Waals surface area contributed by atoms with Gasteiger partial charge in [0.05, 0.1) is 0 Å². The fourth-order valence-corrected chi connectivity index (χ4v) is 2.19. The second kappa shape index (κ2) is 3.76. The van der Waals surface area contributed by atoms with Crippen LogP contribution in [0.5, 0.6) is 0 Å². The van der Waals surface area contributed by atoms with Gasteiger partial charge in [0.2, 0.25) is 21.9 Å². The molecule has 2 N–H and O–H groups in total.